The van der Waals surface area contributed by atoms with E-state index in [1.807, 2.05) is 30.3 Å². The Balaban J connectivity index is 2.58. The van der Waals surface area contributed by atoms with Gasteiger partial charge in [0.2, 0.25) is 6.41 Å². The van der Waals surface area contributed by atoms with Crippen LogP contribution < -0.4 is 16.8 Å². The van der Waals surface area contributed by atoms with Crippen LogP contribution in [-0.4, -0.2) is 23.4 Å². The van der Waals surface area contributed by atoms with Crippen molar-refractivity contribution in [2.75, 3.05) is 0 Å². The number of carbonyl (C=O) groups excluding carboxylic acids is 1. The standard InChI is InChI=1S/C18H18N4O3/c19-18(20)22-14-8-4-7-13(10-14)15(16(17(24)25)21-11-23)9-12-5-2-1-3-6-12/h1-8,10-11H,9H2,(H,21,23)(H,24,25)(H4,19,20,22). The van der Waals surface area contributed by atoms with Crippen LogP contribution in [0.5, 0.6) is 0 Å². The van der Waals surface area contributed by atoms with E-state index in [1.54, 1.807) is 24.3 Å². The van der Waals surface area contributed by atoms with E-state index in [2.05, 4.69) is 10.3 Å². The molecule has 0 spiro atoms. The zero-order valence-corrected chi connectivity index (χ0v) is 13.3. The molecule has 2 rings (SSSR count). The maximum atomic E-state index is 11.6. The molecular formula is C18H18N4O3. The molecular weight excluding hydrogens is 320 g/mol. The number of carboxylic acid groups (broad SMARTS) is 1. The summed E-state index contributed by atoms with van der Waals surface area (Å²) in [4.78, 5) is 26.4. The molecule has 0 saturated heterocycles. The molecule has 2 aromatic carbocycles. The molecule has 0 atom stereocenters. The van der Waals surface area contributed by atoms with Crippen molar-refractivity contribution >= 4 is 29.6 Å². The average Bonchev–Trinajstić information content (AvgIpc) is 2.58. The van der Waals surface area contributed by atoms with Gasteiger partial charge in [-0.3, -0.25) is 4.79 Å². The molecule has 0 aromatic heterocycles. The molecule has 2 aromatic rings. The SMILES string of the molecule is NC(N)=Nc1cccc(C(Cc2ccccc2)=C(NC=O)C(=O)O)c1. The first-order valence-electron chi connectivity index (χ1n) is 7.42. The van der Waals surface area contributed by atoms with Gasteiger partial charge in [0, 0.05) is 6.42 Å². The Morgan fingerprint density at radius 1 is 1.12 bits per heavy atom. The van der Waals surface area contributed by atoms with Crippen LogP contribution in [0.4, 0.5) is 5.69 Å². The van der Waals surface area contributed by atoms with E-state index >= 15 is 0 Å². The molecule has 25 heavy (non-hydrogen) atoms. The molecule has 7 heteroatoms. The highest BCUT2D eigenvalue weighted by atomic mass is 16.4. The number of amides is 1. The largest absolute Gasteiger partial charge is 0.477 e. The Labute approximate surface area is 144 Å². The van der Waals surface area contributed by atoms with Crippen molar-refractivity contribution in [2.45, 2.75) is 6.42 Å². The van der Waals surface area contributed by atoms with E-state index in [0.717, 1.165) is 5.56 Å². The third-order valence-corrected chi connectivity index (χ3v) is 3.40. The molecule has 0 aliphatic carbocycles. The number of nitrogens with zero attached hydrogens (tertiary/aromatic N) is 1. The van der Waals surface area contributed by atoms with Crippen LogP contribution in [-0.2, 0) is 16.0 Å². The van der Waals surface area contributed by atoms with E-state index in [1.165, 1.54) is 0 Å². The van der Waals surface area contributed by atoms with E-state index in [9.17, 15) is 14.7 Å². The van der Waals surface area contributed by atoms with Gasteiger partial charge in [-0.1, -0.05) is 42.5 Å². The van der Waals surface area contributed by atoms with E-state index < -0.39 is 5.97 Å². The highest BCUT2D eigenvalue weighted by Crippen LogP contribution is 2.26. The maximum Gasteiger partial charge on any atom is 0.352 e. The fraction of sp³-hybridized carbons (Fsp3) is 0.0556. The van der Waals surface area contributed by atoms with Gasteiger partial charge in [-0.25, -0.2) is 9.79 Å². The summed E-state index contributed by atoms with van der Waals surface area (Å²) < 4.78 is 0. The van der Waals surface area contributed by atoms with Crippen LogP contribution in [0.25, 0.3) is 5.57 Å². The fourth-order valence-corrected chi connectivity index (χ4v) is 2.38. The molecule has 0 aliphatic rings. The van der Waals surface area contributed by atoms with E-state index in [-0.39, 0.29) is 11.7 Å². The minimum atomic E-state index is -1.23. The van der Waals surface area contributed by atoms with Crippen LogP contribution in [0.15, 0.2) is 65.3 Å². The van der Waals surface area contributed by atoms with Gasteiger partial charge in [-0.15, -0.1) is 0 Å². The van der Waals surface area contributed by atoms with Gasteiger partial charge in [0.05, 0.1) is 5.69 Å². The first-order valence-corrected chi connectivity index (χ1v) is 7.42. The van der Waals surface area contributed by atoms with Crippen molar-refractivity contribution in [3.63, 3.8) is 0 Å². The highest BCUT2D eigenvalue weighted by molar-refractivity contribution is 5.98. The number of aliphatic carboxylic acids is 1. The van der Waals surface area contributed by atoms with Crippen LogP contribution in [0, 0.1) is 0 Å². The second-order valence-corrected chi connectivity index (χ2v) is 5.17. The number of benzene rings is 2. The Hall–Kier alpha value is -3.61. The zero-order chi connectivity index (χ0) is 18.2. The number of carbonyl (C=O) groups is 2. The van der Waals surface area contributed by atoms with Gasteiger partial charge in [0.1, 0.15) is 5.70 Å². The van der Waals surface area contributed by atoms with Gasteiger partial charge in [0.25, 0.3) is 0 Å². The Bertz CT molecular complexity index is 825. The number of guanidine groups is 1. The van der Waals surface area contributed by atoms with Gasteiger partial charge in [-0.2, -0.15) is 0 Å². The minimum absolute atomic E-state index is 0.102. The lowest BCUT2D eigenvalue weighted by atomic mass is 9.95. The minimum Gasteiger partial charge on any atom is -0.477 e. The summed E-state index contributed by atoms with van der Waals surface area (Å²) in [7, 11) is 0. The predicted molar refractivity (Wildman–Crippen MR) is 95.8 cm³/mol. The van der Waals surface area contributed by atoms with Crippen molar-refractivity contribution in [1.82, 2.24) is 5.32 Å². The second-order valence-electron chi connectivity index (χ2n) is 5.17. The first-order chi connectivity index (χ1) is 12.0. The lowest BCUT2D eigenvalue weighted by Gasteiger charge is -2.13. The van der Waals surface area contributed by atoms with E-state index in [4.69, 9.17) is 11.5 Å². The Morgan fingerprint density at radius 2 is 1.84 bits per heavy atom. The summed E-state index contributed by atoms with van der Waals surface area (Å²) >= 11 is 0. The fourth-order valence-electron chi connectivity index (χ4n) is 2.38. The van der Waals surface area contributed by atoms with Crippen LogP contribution >= 0.6 is 0 Å². The van der Waals surface area contributed by atoms with Gasteiger partial charge in [0.15, 0.2) is 5.96 Å². The summed E-state index contributed by atoms with van der Waals surface area (Å²) in [6.07, 6.45) is 0.656. The van der Waals surface area contributed by atoms with E-state index in [0.29, 0.717) is 29.7 Å². The number of hydrogen-bond acceptors (Lipinski definition) is 3. The Morgan fingerprint density at radius 3 is 2.44 bits per heavy atom. The van der Waals surface area contributed by atoms with Crippen LogP contribution in [0.2, 0.25) is 0 Å². The number of hydrogen-bond donors (Lipinski definition) is 4. The Kier molecular flexibility index (Phi) is 5.89. The number of nitrogens with two attached hydrogens (primary N) is 2. The quantitative estimate of drug-likeness (QED) is 0.262. The second kappa shape index (κ2) is 8.30. The predicted octanol–water partition coefficient (Wildman–Crippen LogP) is 1.38. The molecule has 0 radical (unpaired) electrons. The molecule has 0 heterocycles. The van der Waals surface area contributed by atoms with Crippen molar-refractivity contribution in [1.29, 1.82) is 0 Å². The number of allylic oxidation sites excluding steroid dienone is 1. The number of carboxylic acids is 1. The smallest absolute Gasteiger partial charge is 0.352 e. The molecule has 1 amide bonds. The molecule has 0 aliphatic heterocycles. The zero-order valence-electron chi connectivity index (χ0n) is 13.3. The number of rotatable bonds is 7. The van der Waals surface area contributed by atoms with Crippen LogP contribution in [0.1, 0.15) is 11.1 Å². The van der Waals surface area contributed by atoms with Gasteiger partial charge >= 0.3 is 5.97 Å². The topological polar surface area (TPSA) is 131 Å². The maximum absolute atomic E-state index is 11.6. The van der Waals surface area contributed by atoms with Crippen LogP contribution in [0.3, 0.4) is 0 Å². The van der Waals surface area contributed by atoms with Crippen molar-refractivity contribution in [3.8, 4) is 0 Å². The molecule has 0 unspecified atom stereocenters. The molecule has 0 bridgehead atoms. The summed E-state index contributed by atoms with van der Waals surface area (Å²) in [5.41, 5.74) is 13.0. The molecule has 6 N–H and O–H groups in total. The van der Waals surface area contributed by atoms with Crippen molar-refractivity contribution in [3.05, 3.63) is 71.4 Å². The van der Waals surface area contributed by atoms with Crippen molar-refractivity contribution < 1.29 is 14.7 Å². The third kappa shape index (κ3) is 4.93. The summed E-state index contributed by atoms with van der Waals surface area (Å²) in [5.74, 6) is -1.33. The summed E-state index contributed by atoms with van der Waals surface area (Å²) in [5, 5.41) is 11.8. The molecule has 7 nitrogen and oxygen atoms in total. The monoisotopic (exact) mass is 338 g/mol. The molecule has 0 fully saturated rings. The van der Waals surface area contributed by atoms with Crippen molar-refractivity contribution in [2.24, 2.45) is 16.5 Å². The van der Waals surface area contributed by atoms with Gasteiger partial charge in [-0.05, 0) is 28.8 Å². The number of nitrogens with one attached hydrogen (secondary N) is 1. The number of aliphatic imine (C=N–C) groups is 1. The average molecular weight is 338 g/mol. The summed E-state index contributed by atoms with van der Waals surface area (Å²) in [6.45, 7) is 0. The summed E-state index contributed by atoms with van der Waals surface area (Å²) in [6, 6.07) is 16.1. The van der Waals surface area contributed by atoms with Gasteiger partial charge < -0.3 is 21.9 Å². The normalized spacial score (nSPS) is 11.2. The molecule has 0 saturated carbocycles. The lowest BCUT2D eigenvalue weighted by Crippen LogP contribution is -2.22. The third-order valence-electron chi connectivity index (χ3n) is 3.40. The highest BCUT2D eigenvalue weighted by Gasteiger charge is 2.17. The first kappa shape index (κ1) is 17.7. The lowest BCUT2D eigenvalue weighted by molar-refractivity contribution is -0.133. The molecule has 128 valence electrons.